The van der Waals surface area contributed by atoms with Gasteiger partial charge in [0.15, 0.2) is 0 Å². The standard InChI is InChI=1S/C9H15N3/c1-7-8(12-6-11-7)2-3-9(10)4-5-9/h6H,2-5,10H2,1H3,(H,11,12). The molecule has 1 aliphatic carbocycles. The maximum absolute atomic E-state index is 5.98. The van der Waals surface area contributed by atoms with E-state index >= 15 is 0 Å². The topological polar surface area (TPSA) is 54.7 Å². The highest BCUT2D eigenvalue weighted by atomic mass is 14.9. The van der Waals surface area contributed by atoms with Crippen molar-refractivity contribution in [1.29, 1.82) is 0 Å². The zero-order valence-electron chi connectivity index (χ0n) is 7.43. The Morgan fingerprint density at radius 3 is 2.92 bits per heavy atom. The van der Waals surface area contributed by atoms with Crippen molar-refractivity contribution in [2.45, 2.75) is 38.1 Å². The smallest absolute Gasteiger partial charge is 0.0925 e. The fraction of sp³-hybridized carbons (Fsp3) is 0.667. The zero-order chi connectivity index (χ0) is 8.60. The maximum Gasteiger partial charge on any atom is 0.0925 e. The third kappa shape index (κ3) is 1.50. The Hall–Kier alpha value is -0.830. The molecule has 1 fully saturated rings. The van der Waals surface area contributed by atoms with Crippen LogP contribution in [-0.2, 0) is 6.42 Å². The Kier molecular flexibility index (Phi) is 1.68. The minimum atomic E-state index is 0.158. The number of hydrogen-bond acceptors (Lipinski definition) is 2. The van der Waals surface area contributed by atoms with Crippen molar-refractivity contribution in [3.63, 3.8) is 0 Å². The van der Waals surface area contributed by atoms with E-state index in [1.54, 1.807) is 6.33 Å². The molecule has 0 aliphatic heterocycles. The van der Waals surface area contributed by atoms with Gasteiger partial charge in [-0.3, -0.25) is 0 Å². The Balaban J connectivity index is 1.91. The second-order valence-corrected chi connectivity index (χ2v) is 3.84. The van der Waals surface area contributed by atoms with E-state index in [-0.39, 0.29) is 5.54 Å². The molecule has 0 bridgehead atoms. The lowest BCUT2D eigenvalue weighted by Crippen LogP contribution is -2.22. The summed E-state index contributed by atoms with van der Waals surface area (Å²) in [6.07, 6.45) is 6.23. The number of aryl methyl sites for hydroxylation is 2. The Morgan fingerprint density at radius 1 is 1.67 bits per heavy atom. The lowest BCUT2D eigenvalue weighted by atomic mass is 10.1. The molecule has 0 atom stereocenters. The first-order chi connectivity index (χ1) is 5.70. The maximum atomic E-state index is 5.98. The van der Waals surface area contributed by atoms with Gasteiger partial charge < -0.3 is 10.7 Å². The molecular weight excluding hydrogens is 150 g/mol. The number of nitrogens with zero attached hydrogens (tertiary/aromatic N) is 1. The number of nitrogens with two attached hydrogens (primary N) is 1. The molecule has 0 spiro atoms. The molecule has 1 aromatic rings. The van der Waals surface area contributed by atoms with E-state index in [0.29, 0.717) is 0 Å². The predicted molar refractivity (Wildman–Crippen MR) is 47.8 cm³/mol. The van der Waals surface area contributed by atoms with Gasteiger partial charge in [-0.15, -0.1) is 0 Å². The van der Waals surface area contributed by atoms with Crippen molar-refractivity contribution in [3.05, 3.63) is 17.7 Å². The van der Waals surface area contributed by atoms with Crippen LogP contribution in [0.25, 0.3) is 0 Å². The number of aromatic nitrogens is 2. The van der Waals surface area contributed by atoms with Crippen LogP contribution < -0.4 is 5.73 Å². The quantitative estimate of drug-likeness (QED) is 0.705. The third-order valence-electron chi connectivity index (χ3n) is 2.69. The average Bonchev–Trinajstić information content (AvgIpc) is 2.61. The predicted octanol–water partition coefficient (Wildman–Crippen LogP) is 1.14. The fourth-order valence-electron chi connectivity index (χ4n) is 1.42. The van der Waals surface area contributed by atoms with Crippen LogP contribution in [0.1, 0.15) is 30.7 Å². The van der Waals surface area contributed by atoms with Crippen LogP contribution in [0.3, 0.4) is 0 Å². The van der Waals surface area contributed by atoms with Crippen molar-refractivity contribution in [3.8, 4) is 0 Å². The summed E-state index contributed by atoms with van der Waals surface area (Å²) in [5.41, 5.74) is 8.49. The summed E-state index contributed by atoms with van der Waals surface area (Å²) in [6, 6.07) is 0. The van der Waals surface area contributed by atoms with Gasteiger partial charge in [0, 0.05) is 11.2 Å². The van der Waals surface area contributed by atoms with Crippen LogP contribution in [0.5, 0.6) is 0 Å². The number of nitrogens with one attached hydrogen (secondary N) is 1. The summed E-state index contributed by atoms with van der Waals surface area (Å²) in [7, 11) is 0. The molecule has 3 nitrogen and oxygen atoms in total. The largest absolute Gasteiger partial charge is 0.348 e. The number of rotatable bonds is 3. The fourth-order valence-corrected chi connectivity index (χ4v) is 1.42. The summed E-state index contributed by atoms with van der Waals surface area (Å²) < 4.78 is 0. The van der Waals surface area contributed by atoms with Gasteiger partial charge >= 0.3 is 0 Å². The third-order valence-corrected chi connectivity index (χ3v) is 2.69. The summed E-state index contributed by atoms with van der Waals surface area (Å²) in [6.45, 7) is 2.05. The first kappa shape index (κ1) is 7.80. The summed E-state index contributed by atoms with van der Waals surface area (Å²) in [5, 5.41) is 0. The lowest BCUT2D eigenvalue weighted by molar-refractivity contribution is 0.603. The summed E-state index contributed by atoms with van der Waals surface area (Å²) in [5.74, 6) is 0. The van der Waals surface area contributed by atoms with Crippen molar-refractivity contribution in [2.24, 2.45) is 5.73 Å². The van der Waals surface area contributed by atoms with E-state index in [2.05, 4.69) is 16.9 Å². The Morgan fingerprint density at radius 2 is 2.42 bits per heavy atom. The van der Waals surface area contributed by atoms with E-state index in [9.17, 15) is 0 Å². The molecule has 1 heterocycles. The lowest BCUT2D eigenvalue weighted by Gasteiger charge is -2.06. The number of imidazole rings is 1. The van der Waals surface area contributed by atoms with E-state index in [4.69, 9.17) is 5.73 Å². The zero-order valence-corrected chi connectivity index (χ0v) is 7.43. The van der Waals surface area contributed by atoms with Gasteiger partial charge in [-0.25, -0.2) is 4.98 Å². The van der Waals surface area contributed by atoms with Crippen LogP contribution in [-0.4, -0.2) is 15.5 Å². The first-order valence-corrected chi connectivity index (χ1v) is 4.47. The first-order valence-electron chi connectivity index (χ1n) is 4.47. The van der Waals surface area contributed by atoms with Crippen molar-refractivity contribution in [2.75, 3.05) is 0 Å². The van der Waals surface area contributed by atoms with E-state index < -0.39 is 0 Å². The Labute approximate surface area is 72.4 Å². The molecule has 0 amide bonds. The highest BCUT2D eigenvalue weighted by Gasteiger charge is 2.37. The van der Waals surface area contributed by atoms with Crippen LogP contribution in [0, 0.1) is 6.92 Å². The van der Waals surface area contributed by atoms with Crippen molar-refractivity contribution in [1.82, 2.24) is 9.97 Å². The van der Waals surface area contributed by atoms with Gasteiger partial charge in [0.2, 0.25) is 0 Å². The summed E-state index contributed by atoms with van der Waals surface area (Å²) in [4.78, 5) is 7.31. The van der Waals surface area contributed by atoms with E-state index in [1.165, 1.54) is 24.2 Å². The highest BCUT2D eigenvalue weighted by molar-refractivity contribution is 5.11. The highest BCUT2D eigenvalue weighted by Crippen LogP contribution is 2.36. The monoisotopic (exact) mass is 165 g/mol. The molecule has 0 unspecified atom stereocenters. The van der Waals surface area contributed by atoms with Crippen molar-refractivity contribution >= 4 is 0 Å². The van der Waals surface area contributed by atoms with E-state index in [0.717, 1.165) is 12.8 Å². The molecule has 66 valence electrons. The average molecular weight is 165 g/mol. The van der Waals surface area contributed by atoms with E-state index in [1.807, 2.05) is 0 Å². The molecule has 12 heavy (non-hydrogen) atoms. The van der Waals surface area contributed by atoms with Crippen LogP contribution >= 0.6 is 0 Å². The molecule has 0 aromatic carbocycles. The second kappa shape index (κ2) is 2.59. The summed E-state index contributed by atoms with van der Waals surface area (Å²) >= 11 is 0. The molecule has 0 saturated heterocycles. The molecule has 3 heteroatoms. The second-order valence-electron chi connectivity index (χ2n) is 3.84. The molecule has 3 N–H and O–H groups in total. The van der Waals surface area contributed by atoms with Gasteiger partial charge in [0.25, 0.3) is 0 Å². The minimum absolute atomic E-state index is 0.158. The molecule has 0 radical (unpaired) electrons. The number of aromatic amines is 1. The van der Waals surface area contributed by atoms with Gasteiger partial charge in [0.1, 0.15) is 0 Å². The number of H-pyrrole nitrogens is 1. The van der Waals surface area contributed by atoms with Crippen LogP contribution in [0.15, 0.2) is 6.33 Å². The molecule has 2 rings (SSSR count). The normalized spacial score (nSPS) is 19.5. The molecule has 1 aromatic heterocycles. The van der Waals surface area contributed by atoms with Crippen molar-refractivity contribution < 1.29 is 0 Å². The molecular formula is C9H15N3. The minimum Gasteiger partial charge on any atom is -0.348 e. The van der Waals surface area contributed by atoms with Gasteiger partial charge in [-0.1, -0.05) is 0 Å². The van der Waals surface area contributed by atoms with Crippen LogP contribution in [0.4, 0.5) is 0 Å². The van der Waals surface area contributed by atoms with Crippen LogP contribution in [0.2, 0.25) is 0 Å². The SMILES string of the molecule is Cc1[nH]cnc1CCC1(N)CC1. The molecule has 1 aliphatic rings. The Bertz CT molecular complexity index is 273. The van der Waals surface area contributed by atoms with Gasteiger partial charge in [-0.05, 0) is 32.6 Å². The van der Waals surface area contributed by atoms with Gasteiger partial charge in [0.05, 0.1) is 12.0 Å². The van der Waals surface area contributed by atoms with Gasteiger partial charge in [-0.2, -0.15) is 0 Å². The molecule has 1 saturated carbocycles. The number of hydrogen-bond donors (Lipinski definition) is 2.